The Morgan fingerprint density at radius 1 is 0.714 bits per heavy atom. The van der Waals surface area contributed by atoms with Crippen molar-refractivity contribution >= 4 is 52.4 Å². The van der Waals surface area contributed by atoms with Crippen LogP contribution in [0, 0.1) is 0 Å². The van der Waals surface area contributed by atoms with Crippen LogP contribution in [0.15, 0.2) is 97.1 Å². The summed E-state index contributed by atoms with van der Waals surface area (Å²) in [5.74, 6) is -1.70. The normalized spacial score (nSPS) is 11.6. The van der Waals surface area contributed by atoms with Gasteiger partial charge < -0.3 is 21.5 Å². The quantitative estimate of drug-likeness (QED) is 0.150. The fourth-order valence-corrected chi connectivity index (χ4v) is 4.73. The molecule has 0 aromatic heterocycles. The van der Waals surface area contributed by atoms with Crippen LogP contribution in [0.4, 0.5) is 11.4 Å². The number of carboxylic acids is 1. The van der Waals surface area contributed by atoms with E-state index in [-0.39, 0.29) is 18.2 Å². The number of aliphatic carboxylic acids is 1. The summed E-state index contributed by atoms with van der Waals surface area (Å²) in [6.45, 7) is 1.09. The van der Waals surface area contributed by atoms with Crippen LogP contribution in [-0.2, 0) is 17.9 Å². The lowest BCUT2D eigenvalue weighted by molar-refractivity contribution is -0.138. The molecule has 0 saturated carbocycles. The highest BCUT2D eigenvalue weighted by Gasteiger charge is 2.18. The van der Waals surface area contributed by atoms with Gasteiger partial charge in [-0.15, -0.1) is 0 Å². The van der Waals surface area contributed by atoms with Gasteiger partial charge in [-0.05, 0) is 66.1 Å². The average Bonchev–Trinajstić information content (AvgIpc) is 2.97. The molecule has 0 aliphatic rings. The van der Waals surface area contributed by atoms with Gasteiger partial charge in [-0.3, -0.25) is 19.3 Å². The molecule has 4 aromatic rings. The number of nitrogens with zero attached hydrogens (tertiary/aromatic N) is 1. The second kappa shape index (κ2) is 14.6. The Kier molecular flexibility index (Phi) is 10.7. The number of hydrogen-bond donors (Lipinski definition) is 4. The van der Waals surface area contributed by atoms with Crippen molar-refractivity contribution in [1.82, 2.24) is 4.90 Å². The molecule has 0 aliphatic carbocycles. The van der Waals surface area contributed by atoms with Gasteiger partial charge in [0.25, 0.3) is 11.8 Å². The molecule has 0 aliphatic heterocycles. The summed E-state index contributed by atoms with van der Waals surface area (Å²) in [6, 6.07) is 27.1. The van der Waals surface area contributed by atoms with E-state index in [1.165, 1.54) is 0 Å². The molecule has 0 radical (unpaired) electrons. The number of hydrogen-bond acceptors (Lipinski definition) is 5. The van der Waals surface area contributed by atoms with E-state index in [0.717, 1.165) is 11.1 Å². The summed E-state index contributed by atoms with van der Waals surface area (Å²) in [7, 11) is 0. The lowest BCUT2D eigenvalue weighted by Gasteiger charge is -2.26. The van der Waals surface area contributed by atoms with Gasteiger partial charge >= 0.3 is 5.97 Å². The minimum Gasteiger partial charge on any atom is -0.480 e. The third-order valence-electron chi connectivity index (χ3n) is 6.57. The van der Waals surface area contributed by atoms with Crippen LogP contribution in [0.3, 0.4) is 0 Å². The zero-order valence-corrected chi connectivity index (χ0v) is 24.1. The number of rotatable bonds is 12. The number of anilines is 2. The lowest BCUT2D eigenvalue weighted by Crippen LogP contribution is -2.35. The molecular weight excluding hydrogens is 575 g/mol. The van der Waals surface area contributed by atoms with Gasteiger partial charge in [0.05, 0.1) is 0 Å². The fraction of sp³-hybridized carbons (Fsp3) is 0.156. The minimum atomic E-state index is -1.08. The molecule has 1 atom stereocenters. The largest absolute Gasteiger partial charge is 0.480 e. The first-order valence-corrected chi connectivity index (χ1v) is 14.0. The summed E-state index contributed by atoms with van der Waals surface area (Å²) in [5, 5.41) is 16.2. The Balaban J connectivity index is 1.57. The predicted molar refractivity (Wildman–Crippen MR) is 166 cm³/mol. The van der Waals surface area contributed by atoms with E-state index in [2.05, 4.69) is 10.6 Å². The van der Waals surface area contributed by atoms with E-state index < -0.39 is 12.0 Å². The van der Waals surface area contributed by atoms with Gasteiger partial charge in [0.2, 0.25) is 0 Å². The monoisotopic (exact) mass is 604 g/mol. The highest BCUT2D eigenvalue weighted by molar-refractivity contribution is 6.31. The topological polar surface area (TPSA) is 125 Å². The van der Waals surface area contributed by atoms with Crippen molar-refractivity contribution < 1.29 is 19.5 Å². The van der Waals surface area contributed by atoms with Crippen molar-refractivity contribution in [1.29, 1.82) is 0 Å². The number of halogens is 2. The Morgan fingerprint density at radius 3 is 1.60 bits per heavy atom. The number of nitrogens with one attached hydrogen (secondary N) is 2. The molecule has 2 amide bonds. The molecule has 0 fully saturated rings. The zero-order valence-electron chi connectivity index (χ0n) is 22.6. The van der Waals surface area contributed by atoms with Crippen LogP contribution in [0.5, 0.6) is 0 Å². The number of carbonyl (C=O) groups excluding carboxylic acids is 2. The SMILES string of the molecule is N[C@@H](CCN(Cc1ccccc1NC(=O)c1cccc(Cl)c1)Cc1ccccc1NC(=O)c1cccc(Cl)c1)C(=O)O. The van der Waals surface area contributed by atoms with Crippen LogP contribution in [0.2, 0.25) is 10.0 Å². The average molecular weight is 606 g/mol. The maximum absolute atomic E-state index is 13.0. The lowest BCUT2D eigenvalue weighted by atomic mass is 10.1. The van der Waals surface area contributed by atoms with Crippen LogP contribution in [0.25, 0.3) is 0 Å². The van der Waals surface area contributed by atoms with Crippen molar-refractivity contribution in [3.8, 4) is 0 Å². The van der Waals surface area contributed by atoms with E-state index in [1.807, 2.05) is 41.3 Å². The predicted octanol–water partition coefficient (Wildman–Crippen LogP) is 6.30. The maximum atomic E-state index is 13.0. The summed E-state index contributed by atoms with van der Waals surface area (Å²) >= 11 is 12.1. The summed E-state index contributed by atoms with van der Waals surface area (Å²) in [6.07, 6.45) is 0.198. The van der Waals surface area contributed by atoms with Crippen LogP contribution in [-0.4, -0.2) is 40.4 Å². The van der Waals surface area contributed by atoms with Crippen molar-refractivity contribution in [2.45, 2.75) is 25.6 Å². The van der Waals surface area contributed by atoms with Gasteiger partial charge in [-0.1, -0.05) is 71.7 Å². The van der Waals surface area contributed by atoms with Gasteiger partial charge in [0, 0.05) is 52.2 Å². The first-order valence-electron chi connectivity index (χ1n) is 13.2. The summed E-state index contributed by atoms with van der Waals surface area (Å²) in [4.78, 5) is 39.4. The number of carbonyl (C=O) groups is 3. The Bertz CT molecular complexity index is 1470. The second-order valence-corrected chi connectivity index (χ2v) is 10.6. The van der Waals surface area contributed by atoms with Crippen molar-refractivity contribution in [2.24, 2.45) is 5.73 Å². The van der Waals surface area contributed by atoms with E-state index >= 15 is 0 Å². The molecule has 216 valence electrons. The summed E-state index contributed by atoms with van der Waals surface area (Å²) in [5.41, 5.74) is 9.53. The Morgan fingerprint density at radius 2 is 1.17 bits per heavy atom. The molecule has 0 heterocycles. The van der Waals surface area contributed by atoms with Crippen LogP contribution in [0.1, 0.15) is 38.3 Å². The summed E-state index contributed by atoms with van der Waals surface area (Å²) < 4.78 is 0. The number of benzene rings is 4. The number of para-hydroxylation sites is 2. The third kappa shape index (κ3) is 8.64. The highest BCUT2D eigenvalue weighted by Crippen LogP contribution is 2.24. The van der Waals surface area contributed by atoms with Gasteiger partial charge in [0.15, 0.2) is 0 Å². The van der Waals surface area contributed by atoms with Crippen molar-refractivity contribution in [3.63, 3.8) is 0 Å². The molecule has 42 heavy (non-hydrogen) atoms. The molecule has 4 aromatic carbocycles. The molecule has 0 spiro atoms. The van der Waals surface area contributed by atoms with Crippen LogP contribution >= 0.6 is 23.2 Å². The maximum Gasteiger partial charge on any atom is 0.320 e. The molecule has 8 nitrogen and oxygen atoms in total. The van der Waals surface area contributed by atoms with Crippen molar-refractivity contribution in [2.75, 3.05) is 17.2 Å². The van der Waals surface area contributed by atoms with Crippen LogP contribution < -0.4 is 16.4 Å². The first-order chi connectivity index (χ1) is 20.2. The minimum absolute atomic E-state index is 0.198. The highest BCUT2D eigenvalue weighted by atomic mass is 35.5. The molecule has 0 unspecified atom stereocenters. The molecule has 10 heteroatoms. The van der Waals surface area contributed by atoms with E-state index in [0.29, 0.717) is 52.2 Å². The van der Waals surface area contributed by atoms with Gasteiger partial charge in [-0.25, -0.2) is 0 Å². The number of carboxylic acid groups (broad SMARTS) is 1. The molecule has 0 bridgehead atoms. The number of amides is 2. The smallest absolute Gasteiger partial charge is 0.320 e. The molecule has 4 rings (SSSR count). The Hall–Kier alpha value is -4.21. The van der Waals surface area contributed by atoms with Gasteiger partial charge in [0.1, 0.15) is 6.04 Å². The Labute approximate surface area is 254 Å². The van der Waals surface area contributed by atoms with Crippen molar-refractivity contribution in [3.05, 3.63) is 129 Å². The van der Waals surface area contributed by atoms with E-state index in [4.69, 9.17) is 28.9 Å². The molecular formula is C32H30Cl2N4O4. The van der Waals surface area contributed by atoms with E-state index in [9.17, 15) is 19.5 Å². The number of nitrogens with two attached hydrogens (primary N) is 1. The fourth-order valence-electron chi connectivity index (χ4n) is 4.35. The first kappa shape index (κ1) is 30.7. The zero-order chi connectivity index (χ0) is 30.1. The molecule has 5 N–H and O–H groups in total. The standard InChI is InChI=1S/C32H30Cl2N4O4/c33-25-11-5-9-21(17-25)30(39)36-28-13-3-1-7-23(28)19-38(16-15-27(35)32(41)42)20-24-8-2-4-14-29(24)37-31(40)22-10-6-12-26(34)18-22/h1-14,17-18,27H,15-16,19-20,35H2,(H,36,39)(H,37,40)(H,41,42)/t27-/m0/s1. The third-order valence-corrected chi connectivity index (χ3v) is 7.04. The van der Waals surface area contributed by atoms with Gasteiger partial charge in [-0.2, -0.15) is 0 Å². The second-order valence-electron chi connectivity index (χ2n) is 9.69. The molecule has 0 saturated heterocycles. The van der Waals surface area contributed by atoms with E-state index in [1.54, 1.807) is 60.7 Å².